The van der Waals surface area contributed by atoms with Crippen LogP contribution >= 0.6 is 22.9 Å². The number of rotatable bonds is 4. The monoisotopic (exact) mass is 358 g/mol. The molecule has 2 heterocycles. The number of nitrogens with one attached hydrogen (secondary N) is 1. The average molecular weight is 359 g/mol. The van der Waals surface area contributed by atoms with Crippen LogP contribution in [0.2, 0.25) is 5.02 Å². The van der Waals surface area contributed by atoms with Crippen LogP contribution < -0.4 is 5.32 Å². The van der Waals surface area contributed by atoms with Crippen LogP contribution in [0.4, 0.5) is 0 Å². The summed E-state index contributed by atoms with van der Waals surface area (Å²) < 4.78 is 0. The molecule has 1 N–H and O–H groups in total. The zero-order chi connectivity index (χ0) is 17.1. The van der Waals surface area contributed by atoms with Crippen molar-refractivity contribution in [1.29, 1.82) is 0 Å². The van der Waals surface area contributed by atoms with E-state index in [-0.39, 0.29) is 5.91 Å². The van der Waals surface area contributed by atoms with Gasteiger partial charge in [0.05, 0.1) is 11.6 Å². The van der Waals surface area contributed by atoms with Gasteiger partial charge >= 0.3 is 0 Å². The maximum absolute atomic E-state index is 12.4. The molecule has 0 aliphatic heterocycles. The first-order valence-electron chi connectivity index (χ1n) is 7.32. The first-order chi connectivity index (χ1) is 11.5. The molecule has 2 aromatic heterocycles. The van der Waals surface area contributed by atoms with E-state index in [0.717, 1.165) is 21.1 Å². The standard InChI is InChI=1S/C17H15ClN4OS/c1-10-7-15(17(23)20-9-14-8-19-11(2)24-14)22-16(21-10)12-3-5-13(18)6-4-12/h3-8H,9H2,1-2H3,(H,20,23). The van der Waals surface area contributed by atoms with Gasteiger partial charge in [-0.15, -0.1) is 11.3 Å². The number of carbonyl (C=O) groups excluding carboxylic acids is 1. The molecular formula is C17H15ClN4OS. The number of halogens is 1. The van der Waals surface area contributed by atoms with Gasteiger partial charge in [-0.2, -0.15) is 0 Å². The summed E-state index contributed by atoms with van der Waals surface area (Å²) in [7, 11) is 0. The van der Waals surface area contributed by atoms with Gasteiger partial charge in [-0.3, -0.25) is 4.79 Å². The Kier molecular flexibility index (Phi) is 4.87. The highest BCUT2D eigenvalue weighted by Gasteiger charge is 2.12. The molecule has 7 heteroatoms. The number of nitrogens with zero attached hydrogens (tertiary/aromatic N) is 3. The molecule has 5 nitrogen and oxygen atoms in total. The van der Waals surface area contributed by atoms with Crippen LogP contribution in [0.25, 0.3) is 11.4 Å². The highest BCUT2D eigenvalue weighted by molar-refractivity contribution is 7.11. The van der Waals surface area contributed by atoms with Gasteiger partial charge in [0.15, 0.2) is 5.82 Å². The van der Waals surface area contributed by atoms with E-state index >= 15 is 0 Å². The summed E-state index contributed by atoms with van der Waals surface area (Å²) in [6.45, 7) is 4.20. The van der Waals surface area contributed by atoms with E-state index in [4.69, 9.17) is 11.6 Å². The van der Waals surface area contributed by atoms with E-state index in [1.54, 1.807) is 35.7 Å². The van der Waals surface area contributed by atoms with Crippen molar-refractivity contribution >= 4 is 28.8 Å². The molecule has 3 aromatic rings. The highest BCUT2D eigenvalue weighted by Crippen LogP contribution is 2.19. The van der Waals surface area contributed by atoms with Crippen molar-refractivity contribution in [2.75, 3.05) is 0 Å². The van der Waals surface area contributed by atoms with Crippen molar-refractivity contribution in [3.8, 4) is 11.4 Å². The second-order valence-corrected chi connectivity index (χ2v) is 7.01. The summed E-state index contributed by atoms with van der Waals surface area (Å²) in [6, 6.07) is 8.88. The minimum absolute atomic E-state index is 0.234. The van der Waals surface area contributed by atoms with Gasteiger partial charge in [-0.05, 0) is 44.2 Å². The summed E-state index contributed by atoms with van der Waals surface area (Å²) in [5, 5.41) is 4.48. The fourth-order valence-electron chi connectivity index (χ4n) is 2.16. The Balaban J connectivity index is 1.80. The van der Waals surface area contributed by atoms with Crippen LogP contribution in [-0.2, 0) is 6.54 Å². The van der Waals surface area contributed by atoms with Crippen molar-refractivity contribution in [3.63, 3.8) is 0 Å². The molecule has 24 heavy (non-hydrogen) atoms. The van der Waals surface area contributed by atoms with Crippen molar-refractivity contribution in [2.45, 2.75) is 20.4 Å². The molecule has 0 aliphatic rings. The molecule has 1 amide bonds. The van der Waals surface area contributed by atoms with Gasteiger partial charge in [0, 0.05) is 27.4 Å². The number of amides is 1. The molecule has 0 aliphatic carbocycles. The third kappa shape index (κ3) is 3.96. The number of hydrogen-bond acceptors (Lipinski definition) is 5. The molecule has 0 saturated carbocycles. The summed E-state index contributed by atoms with van der Waals surface area (Å²) in [5.41, 5.74) is 1.89. The smallest absolute Gasteiger partial charge is 0.270 e. The minimum atomic E-state index is -0.234. The Hall–Kier alpha value is -2.31. The fraction of sp³-hybridized carbons (Fsp3) is 0.176. The predicted molar refractivity (Wildman–Crippen MR) is 95.2 cm³/mol. The van der Waals surface area contributed by atoms with Crippen molar-refractivity contribution < 1.29 is 4.79 Å². The van der Waals surface area contributed by atoms with Gasteiger partial charge in [0.25, 0.3) is 5.91 Å². The van der Waals surface area contributed by atoms with Gasteiger partial charge in [0.2, 0.25) is 0 Å². The number of aryl methyl sites for hydroxylation is 2. The summed E-state index contributed by atoms with van der Waals surface area (Å²) >= 11 is 7.46. The molecule has 0 atom stereocenters. The van der Waals surface area contributed by atoms with Crippen molar-refractivity contribution in [1.82, 2.24) is 20.3 Å². The zero-order valence-corrected chi connectivity index (χ0v) is 14.8. The van der Waals surface area contributed by atoms with Gasteiger partial charge < -0.3 is 5.32 Å². The third-order valence-electron chi connectivity index (χ3n) is 3.28. The lowest BCUT2D eigenvalue weighted by Crippen LogP contribution is -2.24. The topological polar surface area (TPSA) is 67.8 Å². The lowest BCUT2D eigenvalue weighted by Gasteiger charge is -2.07. The predicted octanol–water partition coefficient (Wildman–Crippen LogP) is 3.80. The first-order valence-corrected chi connectivity index (χ1v) is 8.52. The maximum Gasteiger partial charge on any atom is 0.270 e. The Morgan fingerprint density at radius 1 is 1.21 bits per heavy atom. The number of benzene rings is 1. The lowest BCUT2D eigenvalue weighted by atomic mass is 10.2. The SMILES string of the molecule is Cc1cc(C(=O)NCc2cnc(C)s2)nc(-c2ccc(Cl)cc2)n1. The van der Waals surface area contributed by atoms with Crippen LogP contribution in [0.15, 0.2) is 36.5 Å². The first kappa shape index (κ1) is 16.5. The van der Waals surface area contributed by atoms with E-state index in [9.17, 15) is 4.79 Å². The lowest BCUT2D eigenvalue weighted by molar-refractivity contribution is 0.0946. The average Bonchev–Trinajstić information content (AvgIpc) is 2.98. The molecule has 0 unspecified atom stereocenters. The molecule has 3 rings (SSSR count). The maximum atomic E-state index is 12.4. The molecule has 1 aromatic carbocycles. The fourth-order valence-corrected chi connectivity index (χ4v) is 3.02. The minimum Gasteiger partial charge on any atom is -0.346 e. The van der Waals surface area contributed by atoms with Gasteiger partial charge in [-0.25, -0.2) is 15.0 Å². The van der Waals surface area contributed by atoms with E-state index in [1.807, 2.05) is 26.0 Å². The summed E-state index contributed by atoms with van der Waals surface area (Å²) in [5.74, 6) is 0.271. The summed E-state index contributed by atoms with van der Waals surface area (Å²) in [6.07, 6.45) is 1.77. The third-order valence-corrected chi connectivity index (χ3v) is 4.45. The molecule has 122 valence electrons. The Morgan fingerprint density at radius 3 is 2.62 bits per heavy atom. The largest absolute Gasteiger partial charge is 0.346 e. The van der Waals surface area contributed by atoms with Crippen LogP contribution in [-0.4, -0.2) is 20.9 Å². The molecule has 0 fully saturated rings. The van der Waals surface area contributed by atoms with E-state index in [2.05, 4.69) is 20.3 Å². The molecule has 0 bridgehead atoms. The van der Waals surface area contributed by atoms with Gasteiger partial charge in [0.1, 0.15) is 5.69 Å². The zero-order valence-electron chi connectivity index (χ0n) is 13.2. The summed E-state index contributed by atoms with van der Waals surface area (Å²) in [4.78, 5) is 26.3. The number of hydrogen-bond donors (Lipinski definition) is 1. The van der Waals surface area contributed by atoms with Crippen molar-refractivity contribution in [2.24, 2.45) is 0 Å². The molecule has 0 radical (unpaired) electrons. The molecule has 0 spiro atoms. The second kappa shape index (κ2) is 7.07. The Morgan fingerprint density at radius 2 is 1.96 bits per heavy atom. The molecule has 0 saturated heterocycles. The van der Waals surface area contributed by atoms with Crippen molar-refractivity contribution in [3.05, 3.63) is 62.8 Å². The Labute approximate surface area is 148 Å². The van der Waals surface area contributed by atoms with E-state index < -0.39 is 0 Å². The number of aromatic nitrogens is 3. The van der Waals surface area contributed by atoms with Crippen LogP contribution in [0.3, 0.4) is 0 Å². The number of thiazole rings is 1. The van der Waals surface area contributed by atoms with Crippen LogP contribution in [0.5, 0.6) is 0 Å². The van der Waals surface area contributed by atoms with E-state index in [0.29, 0.717) is 23.1 Å². The number of carbonyl (C=O) groups is 1. The van der Waals surface area contributed by atoms with E-state index in [1.165, 1.54) is 0 Å². The van der Waals surface area contributed by atoms with Gasteiger partial charge in [-0.1, -0.05) is 11.6 Å². The van der Waals surface area contributed by atoms with Crippen LogP contribution in [0, 0.1) is 13.8 Å². The second-order valence-electron chi connectivity index (χ2n) is 5.25. The van der Waals surface area contributed by atoms with Crippen LogP contribution in [0.1, 0.15) is 26.1 Å². The highest BCUT2D eigenvalue weighted by atomic mass is 35.5. The molecular weight excluding hydrogens is 344 g/mol. The quantitative estimate of drug-likeness (QED) is 0.770. The normalized spacial score (nSPS) is 10.6. The Bertz CT molecular complexity index is 877.